The van der Waals surface area contributed by atoms with Gasteiger partial charge in [-0.05, 0) is 75.5 Å². The fourth-order valence-electron chi connectivity index (χ4n) is 8.27. The van der Waals surface area contributed by atoms with Crippen molar-refractivity contribution in [3.63, 3.8) is 0 Å². The number of benzene rings is 8. The molecule has 54 heavy (non-hydrogen) atoms. The van der Waals surface area contributed by atoms with Crippen LogP contribution in [0.3, 0.4) is 0 Å². The summed E-state index contributed by atoms with van der Waals surface area (Å²) >= 11 is 1.90. The topological polar surface area (TPSA) is 17.8 Å². The molecule has 0 atom stereocenters. The van der Waals surface area contributed by atoms with Crippen molar-refractivity contribution in [3.05, 3.63) is 194 Å². The molecule has 0 bridgehead atoms. The summed E-state index contributed by atoms with van der Waals surface area (Å²) in [6, 6.07) is 70.0. The summed E-state index contributed by atoms with van der Waals surface area (Å²) < 4.78 is 5.13. The molecule has 8 aromatic carbocycles. The highest BCUT2D eigenvalue weighted by atomic mass is 32.1. The Bertz CT molecular complexity index is 3120. The lowest BCUT2D eigenvalue weighted by atomic mass is 9.96. The number of aromatic nitrogens is 2. The minimum Gasteiger partial charge on any atom is -0.308 e. The van der Waals surface area contributed by atoms with E-state index in [1.165, 1.54) is 69.6 Å². The molecular weight excluding hydrogens is 673 g/mol. The Balaban J connectivity index is 1.11. The summed E-state index contributed by atoms with van der Waals surface area (Å²) in [5.41, 5.74) is 12.5. The van der Waals surface area contributed by atoms with E-state index >= 15 is 0 Å². The molecule has 0 spiro atoms. The Morgan fingerprint density at radius 3 is 1.54 bits per heavy atom. The van der Waals surface area contributed by atoms with Gasteiger partial charge in [0.05, 0.1) is 27.1 Å². The quantitative estimate of drug-likeness (QED) is 0.174. The van der Waals surface area contributed by atoms with Crippen molar-refractivity contribution in [2.24, 2.45) is 0 Å². The third kappa shape index (κ3) is 4.90. The van der Waals surface area contributed by atoms with E-state index in [4.69, 9.17) is 4.98 Å². The van der Waals surface area contributed by atoms with E-state index in [0.717, 1.165) is 33.6 Å². The van der Waals surface area contributed by atoms with Gasteiger partial charge < -0.3 is 4.57 Å². The predicted octanol–water partition coefficient (Wildman–Crippen LogP) is 14.4. The molecule has 11 rings (SSSR count). The zero-order valence-corrected chi connectivity index (χ0v) is 30.1. The Morgan fingerprint density at radius 1 is 0.370 bits per heavy atom. The first-order valence-corrected chi connectivity index (χ1v) is 19.2. The first-order chi connectivity index (χ1) is 26.8. The van der Waals surface area contributed by atoms with Crippen LogP contribution in [-0.4, -0.2) is 9.55 Å². The summed E-state index contributed by atoms with van der Waals surface area (Å²) in [7, 11) is 0. The van der Waals surface area contributed by atoms with E-state index in [2.05, 4.69) is 187 Å². The van der Waals surface area contributed by atoms with Crippen LogP contribution in [0.25, 0.3) is 103 Å². The highest BCUT2D eigenvalue weighted by Crippen LogP contribution is 2.48. The number of fused-ring (bicyclic) bond motifs is 10. The van der Waals surface area contributed by atoms with Gasteiger partial charge in [0, 0.05) is 43.1 Å². The predicted molar refractivity (Wildman–Crippen MR) is 231 cm³/mol. The minimum absolute atomic E-state index is 0.969. The SMILES string of the molecule is c1ccc(-c2cc(-c3ccc(-c4ccc5c(c4)c4c6ccccc6c6c7ccccc7sc6c4n5-c4ccccc4)cc3)cc(-c3ccccc3)n2)cc1. The molecule has 2 nitrogen and oxygen atoms in total. The molecule has 0 radical (unpaired) electrons. The number of hydrogen-bond acceptors (Lipinski definition) is 2. The van der Waals surface area contributed by atoms with Crippen LogP contribution in [-0.2, 0) is 0 Å². The van der Waals surface area contributed by atoms with Crippen molar-refractivity contribution in [2.45, 2.75) is 0 Å². The van der Waals surface area contributed by atoms with Gasteiger partial charge in [-0.3, -0.25) is 0 Å². The standard InChI is InChI=1S/C51H32N2S/c1-4-14-35(15-5-1)44-31-38(32-45(52-44)36-16-6-2-7-17-36)34-26-24-33(25-27-34)37-28-29-46-43(30-37)48-40-20-10-11-21-41(40)49-42-22-12-13-23-47(42)54-51(49)50(48)53(46)39-18-8-3-9-19-39/h1-32H. The third-order valence-electron chi connectivity index (χ3n) is 10.8. The summed E-state index contributed by atoms with van der Waals surface area (Å²) in [5, 5.41) is 7.83. The molecule has 3 heteroatoms. The van der Waals surface area contributed by atoms with Gasteiger partial charge in [0.1, 0.15) is 0 Å². The van der Waals surface area contributed by atoms with Gasteiger partial charge in [-0.1, -0.05) is 152 Å². The number of hydrogen-bond donors (Lipinski definition) is 0. The number of pyridine rings is 1. The maximum atomic E-state index is 5.09. The molecule has 0 N–H and O–H groups in total. The smallest absolute Gasteiger partial charge is 0.0726 e. The summed E-state index contributed by atoms with van der Waals surface area (Å²) in [6.07, 6.45) is 0. The van der Waals surface area contributed by atoms with Crippen molar-refractivity contribution in [1.29, 1.82) is 0 Å². The normalized spacial score (nSPS) is 11.7. The minimum atomic E-state index is 0.969. The lowest BCUT2D eigenvalue weighted by molar-refractivity contribution is 1.19. The largest absolute Gasteiger partial charge is 0.308 e. The fourth-order valence-corrected chi connectivity index (χ4v) is 9.53. The van der Waals surface area contributed by atoms with Gasteiger partial charge in [0.15, 0.2) is 0 Å². The van der Waals surface area contributed by atoms with Crippen molar-refractivity contribution in [1.82, 2.24) is 9.55 Å². The second-order valence-corrected chi connectivity index (χ2v) is 15.0. The van der Waals surface area contributed by atoms with Gasteiger partial charge in [-0.2, -0.15) is 0 Å². The van der Waals surface area contributed by atoms with Crippen LogP contribution in [0.2, 0.25) is 0 Å². The molecule has 0 fully saturated rings. The molecule has 0 aliphatic carbocycles. The zero-order valence-electron chi connectivity index (χ0n) is 29.3. The number of thiophene rings is 1. The summed E-state index contributed by atoms with van der Waals surface area (Å²) in [4.78, 5) is 5.09. The molecule has 11 aromatic rings. The van der Waals surface area contributed by atoms with E-state index in [1.54, 1.807) is 0 Å². The summed E-state index contributed by atoms with van der Waals surface area (Å²) in [6.45, 7) is 0. The fraction of sp³-hybridized carbons (Fsp3) is 0. The van der Waals surface area contributed by atoms with Crippen molar-refractivity contribution >= 4 is 64.1 Å². The summed E-state index contributed by atoms with van der Waals surface area (Å²) in [5.74, 6) is 0. The van der Waals surface area contributed by atoms with Crippen LogP contribution in [0.5, 0.6) is 0 Å². The molecule has 252 valence electrons. The monoisotopic (exact) mass is 704 g/mol. The average Bonchev–Trinajstić information content (AvgIpc) is 3.81. The highest BCUT2D eigenvalue weighted by molar-refractivity contribution is 7.27. The number of rotatable bonds is 5. The number of para-hydroxylation sites is 1. The van der Waals surface area contributed by atoms with E-state index in [1.807, 2.05) is 23.5 Å². The molecule has 0 saturated heterocycles. The maximum Gasteiger partial charge on any atom is 0.0726 e. The zero-order chi connectivity index (χ0) is 35.6. The Kier molecular flexibility index (Phi) is 7.07. The van der Waals surface area contributed by atoms with Crippen LogP contribution in [0, 0.1) is 0 Å². The van der Waals surface area contributed by atoms with Gasteiger partial charge in [-0.25, -0.2) is 4.98 Å². The number of nitrogens with zero attached hydrogens (tertiary/aromatic N) is 2. The molecule has 3 aromatic heterocycles. The first-order valence-electron chi connectivity index (χ1n) is 18.4. The molecule has 0 saturated carbocycles. The van der Waals surface area contributed by atoms with Crippen LogP contribution < -0.4 is 0 Å². The third-order valence-corrected chi connectivity index (χ3v) is 12.0. The second-order valence-electron chi connectivity index (χ2n) is 13.9. The van der Waals surface area contributed by atoms with Crippen molar-refractivity contribution in [3.8, 4) is 50.5 Å². The van der Waals surface area contributed by atoms with Crippen LogP contribution >= 0.6 is 11.3 Å². The van der Waals surface area contributed by atoms with E-state index < -0.39 is 0 Å². The van der Waals surface area contributed by atoms with Gasteiger partial charge in [-0.15, -0.1) is 11.3 Å². The molecular formula is C51H32N2S. The van der Waals surface area contributed by atoms with Crippen molar-refractivity contribution < 1.29 is 0 Å². The molecule has 0 aliphatic heterocycles. The molecule has 0 aliphatic rings. The molecule has 0 unspecified atom stereocenters. The van der Waals surface area contributed by atoms with Crippen LogP contribution in [0.15, 0.2) is 194 Å². The highest BCUT2D eigenvalue weighted by Gasteiger charge is 2.22. The van der Waals surface area contributed by atoms with Gasteiger partial charge in [0.25, 0.3) is 0 Å². The second kappa shape index (κ2) is 12.4. The first kappa shape index (κ1) is 30.8. The average molecular weight is 705 g/mol. The van der Waals surface area contributed by atoms with Crippen LogP contribution in [0.1, 0.15) is 0 Å². The lowest BCUT2D eigenvalue weighted by Crippen LogP contribution is -1.93. The van der Waals surface area contributed by atoms with Gasteiger partial charge in [0.2, 0.25) is 0 Å². The maximum absolute atomic E-state index is 5.09. The molecule has 3 heterocycles. The van der Waals surface area contributed by atoms with Crippen molar-refractivity contribution in [2.75, 3.05) is 0 Å². The Hall–Kier alpha value is -6.81. The van der Waals surface area contributed by atoms with E-state index in [0.29, 0.717) is 0 Å². The molecule has 0 amide bonds. The van der Waals surface area contributed by atoms with E-state index in [-0.39, 0.29) is 0 Å². The Morgan fingerprint density at radius 2 is 0.889 bits per heavy atom. The lowest BCUT2D eigenvalue weighted by Gasteiger charge is -2.11. The van der Waals surface area contributed by atoms with E-state index in [9.17, 15) is 0 Å². The van der Waals surface area contributed by atoms with Gasteiger partial charge >= 0.3 is 0 Å². The van der Waals surface area contributed by atoms with Crippen LogP contribution in [0.4, 0.5) is 0 Å². The Labute approximate surface area is 316 Å².